The predicted molar refractivity (Wildman–Crippen MR) is 169 cm³/mol. The summed E-state index contributed by atoms with van der Waals surface area (Å²) in [4.78, 5) is 25.3. The summed E-state index contributed by atoms with van der Waals surface area (Å²) in [6.45, 7) is 22.0. The Hall–Kier alpha value is -3.07. The van der Waals surface area contributed by atoms with Gasteiger partial charge in [-0.3, -0.25) is 9.59 Å². The predicted octanol–water partition coefficient (Wildman–Crippen LogP) is 6.69. The third-order valence-corrected chi connectivity index (χ3v) is 10.8. The van der Waals surface area contributed by atoms with E-state index in [0.717, 1.165) is 22.3 Å². The number of carbonyl (C=O) groups excluding carboxylic acids is 2. The quantitative estimate of drug-likeness (QED) is 0.282. The molecular weight excluding hydrogens is 568 g/mol. The van der Waals surface area contributed by atoms with E-state index < -0.39 is 32.3 Å². The van der Waals surface area contributed by atoms with Gasteiger partial charge in [-0.05, 0) is 96.9 Å². The van der Waals surface area contributed by atoms with Gasteiger partial charge in [0, 0.05) is 0 Å². The standard InChI is InChI=1S/C34H50O8S/c1-19-13-27(33(7,8)9)31(37)23(5)25(19)17-41-29(35)15-21(3)43(39,40)22(4)16-30(36)42-18-26-20(2)14-28(34(10,11)12)32(38)24(26)6/h13-14,21-22,37-38H,15-18H2,1-12H3. The highest BCUT2D eigenvalue weighted by atomic mass is 32.2. The summed E-state index contributed by atoms with van der Waals surface area (Å²) in [6.07, 6.45) is -0.743. The second-order valence-corrected chi connectivity index (χ2v) is 16.6. The fourth-order valence-electron chi connectivity index (χ4n) is 5.13. The molecule has 8 nitrogen and oxygen atoms in total. The van der Waals surface area contributed by atoms with Crippen LogP contribution in [0.5, 0.6) is 11.5 Å². The Morgan fingerprint density at radius 2 is 1.00 bits per heavy atom. The van der Waals surface area contributed by atoms with Crippen LogP contribution in [0.1, 0.15) is 113 Å². The van der Waals surface area contributed by atoms with Gasteiger partial charge in [0.2, 0.25) is 0 Å². The van der Waals surface area contributed by atoms with Crippen molar-refractivity contribution in [3.8, 4) is 11.5 Å². The van der Waals surface area contributed by atoms with Crippen molar-refractivity contribution in [1.29, 1.82) is 0 Å². The number of phenols is 2. The summed E-state index contributed by atoms with van der Waals surface area (Å²) in [6, 6.07) is 3.76. The summed E-state index contributed by atoms with van der Waals surface area (Å²) in [5.74, 6) is -1.06. The molecule has 2 rings (SSSR count). The van der Waals surface area contributed by atoms with Crippen molar-refractivity contribution in [1.82, 2.24) is 0 Å². The molecule has 0 saturated carbocycles. The smallest absolute Gasteiger partial charge is 0.307 e. The normalized spacial score (nSPS) is 13.9. The van der Waals surface area contributed by atoms with Crippen molar-refractivity contribution in [2.75, 3.05) is 0 Å². The molecule has 0 fully saturated rings. The first kappa shape index (κ1) is 36.1. The van der Waals surface area contributed by atoms with Crippen molar-refractivity contribution >= 4 is 21.8 Å². The van der Waals surface area contributed by atoms with Crippen molar-refractivity contribution in [2.45, 2.75) is 130 Å². The number of sulfone groups is 1. The fourth-order valence-corrected chi connectivity index (χ4v) is 6.66. The van der Waals surface area contributed by atoms with Crippen LogP contribution in [0.15, 0.2) is 12.1 Å². The number of rotatable bonds is 10. The first-order chi connectivity index (χ1) is 19.5. The van der Waals surface area contributed by atoms with Gasteiger partial charge in [-0.1, -0.05) is 53.7 Å². The number of esters is 2. The molecule has 9 heteroatoms. The molecule has 240 valence electrons. The molecule has 2 N–H and O–H groups in total. The number of hydrogen-bond donors (Lipinski definition) is 2. The van der Waals surface area contributed by atoms with E-state index in [1.165, 1.54) is 13.8 Å². The van der Waals surface area contributed by atoms with E-state index in [0.29, 0.717) is 22.3 Å². The highest BCUT2D eigenvalue weighted by molar-refractivity contribution is 7.92. The minimum Gasteiger partial charge on any atom is -0.507 e. The molecule has 0 aliphatic rings. The molecule has 2 atom stereocenters. The van der Waals surface area contributed by atoms with E-state index >= 15 is 0 Å². The first-order valence-corrected chi connectivity index (χ1v) is 16.3. The Bertz CT molecular complexity index is 1370. The molecule has 0 bridgehead atoms. The van der Waals surface area contributed by atoms with Crippen molar-refractivity contribution < 1.29 is 37.7 Å². The van der Waals surface area contributed by atoms with Gasteiger partial charge in [-0.2, -0.15) is 0 Å². The molecule has 0 spiro atoms. The third-order valence-electron chi connectivity index (χ3n) is 8.20. The maximum atomic E-state index is 13.1. The van der Waals surface area contributed by atoms with Crippen molar-refractivity contribution in [2.24, 2.45) is 0 Å². The van der Waals surface area contributed by atoms with Crippen LogP contribution in [0, 0.1) is 27.7 Å². The second-order valence-electron chi connectivity index (χ2n) is 13.8. The number of ether oxygens (including phenoxy) is 2. The molecule has 0 amide bonds. The number of carbonyl (C=O) groups is 2. The fraction of sp³-hybridized carbons (Fsp3) is 0.588. The largest absolute Gasteiger partial charge is 0.507 e. The van der Waals surface area contributed by atoms with Crippen LogP contribution in [0.4, 0.5) is 0 Å². The summed E-state index contributed by atoms with van der Waals surface area (Å²) in [5, 5.41) is 19.3. The molecule has 43 heavy (non-hydrogen) atoms. The molecule has 2 unspecified atom stereocenters. The summed E-state index contributed by atoms with van der Waals surface area (Å²) in [5.41, 5.74) is 5.40. The number of phenolic OH excluding ortho intramolecular Hbond substituents is 2. The lowest BCUT2D eigenvalue weighted by Crippen LogP contribution is -2.32. The molecule has 2 aromatic rings. The van der Waals surface area contributed by atoms with Crippen LogP contribution in [-0.4, -0.2) is 41.1 Å². The zero-order chi connectivity index (χ0) is 33.2. The molecule has 0 aliphatic heterocycles. The van der Waals surface area contributed by atoms with Gasteiger partial charge in [-0.25, -0.2) is 8.42 Å². The van der Waals surface area contributed by atoms with E-state index in [4.69, 9.17) is 9.47 Å². The van der Waals surface area contributed by atoms with Crippen LogP contribution in [0.3, 0.4) is 0 Å². The van der Waals surface area contributed by atoms with E-state index in [-0.39, 0.29) is 48.4 Å². The summed E-state index contributed by atoms with van der Waals surface area (Å²) in [7, 11) is -3.87. The highest BCUT2D eigenvalue weighted by Gasteiger charge is 2.32. The van der Waals surface area contributed by atoms with Gasteiger partial charge >= 0.3 is 11.9 Å². The molecule has 0 saturated heterocycles. The van der Waals surface area contributed by atoms with Gasteiger partial charge in [0.1, 0.15) is 24.7 Å². The maximum Gasteiger partial charge on any atom is 0.307 e. The van der Waals surface area contributed by atoms with Crippen LogP contribution >= 0.6 is 0 Å². The minimum absolute atomic E-state index is 0.0890. The molecule has 2 aromatic carbocycles. The Balaban J connectivity index is 2.01. The van der Waals surface area contributed by atoms with Crippen molar-refractivity contribution in [3.63, 3.8) is 0 Å². The van der Waals surface area contributed by atoms with Crippen molar-refractivity contribution in [3.05, 3.63) is 56.6 Å². The maximum absolute atomic E-state index is 13.1. The van der Waals surface area contributed by atoms with Gasteiger partial charge < -0.3 is 19.7 Å². The molecular formula is C34H50O8S. The van der Waals surface area contributed by atoms with Crippen LogP contribution < -0.4 is 0 Å². The van der Waals surface area contributed by atoms with Crippen LogP contribution in [0.25, 0.3) is 0 Å². The average molecular weight is 619 g/mol. The number of aryl methyl sites for hydroxylation is 2. The van der Waals surface area contributed by atoms with Gasteiger partial charge in [0.25, 0.3) is 0 Å². The highest BCUT2D eigenvalue weighted by Crippen LogP contribution is 2.38. The van der Waals surface area contributed by atoms with Gasteiger partial charge in [0.15, 0.2) is 9.84 Å². The SMILES string of the molecule is Cc1cc(C(C)(C)C)c(O)c(C)c1COC(=O)CC(C)S(=O)(=O)C(C)CC(=O)OCc1c(C)cc(C(C)(C)C)c(O)c1C. The summed E-state index contributed by atoms with van der Waals surface area (Å²) >= 11 is 0. The lowest BCUT2D eigenvalue weighted by atomic mass is 9.83. The average Bonchev–Trinajstić information content (AvgIpc) is 2.86. The number of benzene rings is 2. The first-order valence-electron chi connectivity index (χ1n) is 14.7. The Kier molecular flexibility index (Phi) is 11.2. The summed E-state index contributed by atoms with van der Waals surface area (Å²) < 4.78 is 37.1. The van der Waals surface area contributed by atoms with E-state index in [1.54, 1.807) is 13.8 Å². The monoisotopic (exact) mass is 618 g/mol. The molecule has 0 heterocycles. The van der Waals surface area contributed by atoms with Gasteiger partial charge in [-0.15, -0.1) is 0 Å². The molecule has 0 radical (unpaired) electrons. The van der Waals surface area contributed by atoms with Crippen LogP contribution in [0.2, 0.25) is 0 Å². The Morgan fingerprint density at radius 1 is 0.698 bits per heavy atom. The third kappa shape index (κ3) is 8.52. The topological polar surface area (TPSA) is 127 Å². The number of aromatic hydroxyl groups is 2. The zero-order valence-electron chi connectivity index (χ0n) is 27.9. The Labute approximate surface area is 257 Å². The van der Waals surface area contributed by atoms with E-state index in [1.807, 2.05) is 67.5 Å². The lowest BCUT2D eigenvalue weighted by molar-refractivity contribution is -0.145. The number of hydrogen-bond acceptors (Lipinski definition) is 8. The molecule has 0 aromatic heterocycles. The van der Waals surface area contributed by atoms with E-state index in [9.17, 15) is 28.2 Å². The molecule has 0 aliphatic carbocycles. The van der Waals surface area contributed by atoms with Gasteiger partial charge in [0.05, 0.1) is 23.3 Å². The van der Waals surface area contributed by atoms with Crippen LogP contribution in [-0.2, 0) is 52.9 Å². The van der Waals surface area contributed by atoms with E-state index in [2.05, 4.69) is 0 Å². The lowest BCUT2D eigenvalue weighted by Gasteiger charge is -2.24. The second kappa shape index (κ2) is 13.3. The Morgan fingerprint density at radius 3 is 1.28 bits per heavy atom. The minimum atomic E-state index is -3.87. The zero-order valence-corrected chi connectivity index (χ0v) is 28.7.